The van der Waals surface area contributed by atoms with Crippen molar-refractivity contribution in [1.82, 2.24) is 14.6 Å². The molecule has 2 heterocycles. The van der Waals surface area contributed by atoms with Crippen molar-refractivity contribution in [2.24, 2.45) is 5.11 Å². The second kappa shape index (κ2) is 6.62. The second-order valence-corrected chi connectivity index (χ2v) is 5.50. The first-order valence-corrected chi connectivity index (χ1v) is 7.55. The normalized spacial score (nSPS) is 11.6. The van der Waals surface area contributed by atoms with Crippen molar-refractivity contribution in [3.8, 4) is 17.0 Å². The number of fused-ring (bicyclic) bond motifs is 1. The minimum absolute atomic E-state index is 0.112. The number of anilines is 1. The van der Waals surface area contributed by atoms with Crippen LogP contribution in [0.15, 0.2) is 35.6 Å². The van der Waals surface area contributed by atoms with Crippen LogP contribution in [0.25, 0.3) is 16.6 Å². The van der Waals surface area contributed by atoms with E-state index in [-0.39, 0.29) is 11.4 Å². The minimum Gasteiger partial charge on any atom is -0.479 e. The van der Waals surface area contributed by atoms with Gasteiger partial charge in [-0.1, -0.05) is 6.07 Å². The first kappa shape index (κ1) is 17.6. The van der Waals surface area contributed by atoms with E-state index in [2.05, 4.69) is 20.5 Å². The van der Waals surface area contributed by atoms with Crippen molar-refractivity contribution in [3.05, 3.63) is 36.3 Å². The van der Waals surface area contributed by atoms with Gasteiger partial charge in [0.2, 0.25) is 5.88 Å². The van der Waals surface area contributed by atoms with Crippen LogP contribution < -0.4 is 10.1 Å². The maximum absolute atomic E-state index is 12.5. The van der Waals surface area contributed by atoms with Crippen LogP contribution in [0.3, 0.4) is 0 Å². The van der Waals surface area contributed by atoms with Crippen molar-refractivity contribution >= 4 is 16.9 Å². The summed E-state index contributed by atoms with van der Waals surface area (Å²) in [5.41, 5.74) is 9.27. The van der Waals surface area contributed by atoms with Crippen LogP contribution in [0.4, 0.5) is 24.5 Å². The monoisotopic (exact) mass is 364 g/mol. The van der Waals surface area contributed by atoms with E-state index in [0.717, 1.165) is 0 Å². The average Bonchev–Trinajstić information content (AvgIpc) is 3.02. The molecule has 0 saturated carbocycles. The second-order valence-electron chi connectivity index (χ2n) is 5.50. The van der Waals surface area contributed by atoms with Crippen LogP contribution in [0.5, 0.6) is 5.88 Å². The van der Waals surface area contributed by atoms with Crippen LogP contribution in [-0.4, -0.2) is 34.4 Å². The maximum Gasteiger partial charge on any atom is 0.405 e. The van der Waals surface area contributed by atoms with Crippen LogP contribution in [0.1, 0.15) is 5.82 Å². The molecule has 0 spiro atoms. The lowest BCUT2D eigenvalue weighted by Gasteiger charge is -2.13. The summed E-state index contributed by atoms with van der Waals surface area (Å²) >= 11 is 0. The molecule has 0 aliphatic carbocycles. The van der Waals surface area contributed by atoms with Gasteiger partial charge in [0, 0.05) is 11.8 Å². The van der Waals surface area contributed by atoms with Gasteiger partial charge in [0.25, 0.3) is 0 Å². The number of ether oxygens (including phenoxy) is 1. The molecule has 0 atom stereocenters. The Bertz CT molecular complexity index is 967. The fourth-order valence-electron chi connectivity index (χ4n) is 2.61. The van der Waals surface area contributed by atoms with E-state index in [4.69, 9.17) is 10.3 Å². The smallest absolute Gasteiger partial charge is 0.405 e. The molecule has 3 rings (SSSR count). The Morgan fingerprint density at radius 3 is 2.73 bits per heavy atom. The van der Waals surface area contributed by atoms with Crippen LogP contribution in [0, 0.1) is 12.5 Å². The van der Waals surface area contributed by atoms with Gasteiger partial charge in [-0.05, 0) is 30.7 Å². The summed E-state index contributed by atoms with van der Waals surface area (Å²) in [4.78, 5) is 4.24. The Morgan fingerprint density at radius 2 is 2.08 bits per heavy atom. The van der Waals surface area contributed by atoms with E-state index in [9.17, 15) is 13.2 Å². The Morgan fingerprint density at radius 1 is 1.31 bits per heavy atom. The molecule has 1 aromatic carbocycles. The first-order chi connectivity index (χ1) is 12.3. The summed E-state index contributed by atoms with van der Waals surface area (Å²) in [5, 5.41) is 9.82. The summed E-state index contributed by atoms with van der Waals surface area (Å²) in [7, 11) is 1.48. The minimum atomic E-state index is -4.38. The first-order valence-electron chi connectivity index (χ1n) is 7.55. The lowest BCUT2D eigenvalue weighted by atomic mass is 10.1. The molecule has 7 nitrogen and oxygen atoms in total. The van der Waals surface area contributed by atoms with Gasteiger partial charge in [-0.2, -0.15) is 28.4 Å². The highest BCUT2D eigenvalue weighted by Gasteiger charge is 2.27. The number of halogens is 3. The number of nitrogens with one attached hydrogen (secondary N) is 2. The number of benzene rings is 1. The number of hydrogen-bond acceptors (Lipinski definition) is 6. The molecule has 0 fully saturated rings. The summed E-state index contributed by atoms with van der Waals surface area (Å²) in [6, 6.07) is 6.42. The van der Waals surface area contributed by atoms with Crippen LogP contribution in [0.2, 0.25) is 0 Å². The van der Waals surface area contributed by atoms with Gasteiger partial charge in [-0.15, -0.1) is 0 Å². The van der Waals surface area contributed by atoms with Gasteiger partial charge in [-0.3, -0.25) is 0 Å². The molecule has 26 heavy (non-hydrogen) atoms. The van der Waals surface area contributed by atoms with E-state index in [1.54, 1.807) is 29.8 Å². The summed E-state index contributed by atoms with van der Waals surface area (Å²) < 4.78 is 44.5. The molecule has 0 aliphatic heterocycles. The number of aromatic nitrogens is 3. The molecule has 136 valence electrons. The molecule has 2 N–H and O–H groups in total. The number of hydrogen-bond donors (Lipinski definition) is 2. The van der Waals surface area contributed by atoms with Crippen LogP contribution in [-0.2, 0) is 0 Å². The zero-order valence-corrected chi connectivity index (χ0v) is 13.9. The SMILES string of the molecule is COc1nc(C)nn2ccc(-c3ccc(N=N)c(NCC(F)(F)F)c3)c12. The third-order valence-electron chi connectivity index (χ3n) is 3.69. The molecular formula is C16H15F3N6O. The van der Waals surface area contributed by atoms with E-state index < -0.39 is 12.7 Å². The Balaban J connectivity index is 2.10. The third-order valence-corrected chi connectivity index (χ3v) is 3.69. The average molecular weight is 364 g/mol. The maximum atomic E-state index is 12.5. The highest BCUT2D eigenvalue weighted by atomic mass is 19.4. The van der Waals surface area contributed by atoms with Gasteiger partial charge in [0.05, 0.1) is 12.8 Å². The molecule has 0 amide bonds. The molecule has 0 aliphatic rings. The number of rotatable bonds is 5. The van der Waals surface area contributed by atoms with Gasteiger partial charge >= 0.3 is 6.18 Å². The summed E-state index contributed by atoms with van der Waals surface area (Å²) in [6.07, 6.45) is -2.67. The van der Waals surface area contributed by atoms with E-state index >= 15 is 0 Å². The molecule has 0 radical (unpaired) electrons. The Hall–Kier alpha value is -3.17. The fourth-order valence-corrected chi connectivity index (χ4v) is 2.61. The molecule has 0 saturated heterocycles. The van der Waals surface area contributed by atoms with Crippen LogP contribution >= 0.6 is 0 Å². The van der Waals surface area contributed by atoms with Crippen molar-refractivity contribution in [2.75, 3.05) is 19.0 Å². The van der Waals surface area contributed by atoms with Gasteiger partial charge in [0.15, 0.2) is 0 Å². The standard InChI is InChI=1S/C16H15F3N6O/c1-9-22-15(26-2)14-11(5-6-25(14)24-9)10-3-4-12(23-20)13(7-10)21-8-16(17,18)19/h3-7,20-21H,8H2,1-2H3. The molecule has 10 heteroatoms. The predicted molar refractivity (Wildman–Crippen MR) is 89.1 cm³/mol. The topological polar surface area (TPSA) is 87.7 Å². The summed E-state index contributed by atoms with van der Waals surface area (Å²) in [5.74, 6) is 0.879. The van der Waals surface area contributed by atoms with E-state index in [1.165, 1.54) is 19.2 Å². The highest BCUT2D eigenvalue weighted by molar-refractivity contribution is 5.87. The molecule has 0 unspecified atom stereocenters. The Kier molecular flexibility index (Phi) is 4.49. The van der Waals surface area contributed by atoms with Gasteiger partial charge in [-0.25, -0.2) is 10.0 Å². The number of nitrogens with zero attached hydrogens (tertiary/aromatic N) is 4. The zero-order valence-electron chi connectivity index (χ0n) is 13.9. The largest absolute Gasteiger partial charge is 0.479 e. The van der Waals surface area contributed by atoms with E-state index in [0.29, 0.717) is 28.3 Å². The quantitative estimate of drug-likeness (QED) is 0.659. The molecular weight excluding hydrogens is 349 g/mol. The van der Waals surface area contributed by atoms with E-state index in [1.807, 2.05) is 0 Å². The fraction of sp³-hybridized carbons (Fsp3) is 0.250. The predicted octanol–water partition coefficient (Wildman–Crippen LogP) is 4.35. The van der Waals surface area contributed by atoms with Gasteiger partial charge in [0.1, 0.15) is 23.6 Å². The number of aryl methyl sites for hydroxylation is 1. The number of alkyl halides is 3. The summed E-state index contributed by atoms with van der Waals surface area (Å²) in [6.45, 7) is 0.506. The molecule has 0 bridgehead atoms. The van der Waals surface area contributed by atoms with Crippen molar-refractivity contribution < 1.29 is 17.9 Å². The van der Waals surface area contributed by atoms with Gasteiger partial charge < -0.3 is 10.1 Å². The highest BCUT2D eigenvalue weighted by Crippen LogP contribution is 2.36. The Labute approximate surface area is 146 Å². The third kappa shape index (κ3) is 3.44. The molecule has 2 aromatic heterocycles. The van der Waals surface area contributed by atoms with Crippen molar-refractivity contribution in [3.63, 3.8) is 0 Å². The lowest BCUT2D eigenvalue weighted by Crippen LogP contribution is -2.21. The molecule has 3 aromatic rings. The number of methoxy groups -OCH3 is 1. The zero-order chi connectivity index (χ0) is 18.9. The van der Waals surface area contributed by atoms with Crippen molar-refractivity contribution in [2.45, 2.75) is 13.1 Å². The lowest BCUT2D eigenvalue weighted by molar-refractivity contribution is -0.115. The van der Waals surface area contributed by atoms with Crippen molar-refractivity contribution in [1.29, 1.82) is 5.53 Å².